The van der Waals surface area contributed by atoms with E-state index < -0.39 is 29.4 Å². The van der Waals surface area contributed by atoms with Crippen molar-refractivity contribution in [3.63, 3.8) is 0 Å². The van der Waals surface area contributed by atoms with Gasteiger partial charge in [-0.25, -0.2) is 4.79 Å². The van der Waals surface area contributed by atoms with Crippen LogP contribution in [0.3, 0.4) is 0 Å². The Morgan fingerprint density at radius 1 is 1.23 bits per heavy atom. The molecular formula is C14H15N3O5. The maximum Gasteiger partial charge on any atom is 0.322 e. The van der Waals surface area contributed by atoms with E-state index in [-0.39, 0.29) is 13.0 Å². The monoisotopic (exact) mass is 305 g/mol. The van der Waals surface area contributed by atoms with E-state index in [1.165, 1.54) is 12.1 Å². The molecule has 0 bridgehead atoms. The molecule has 1 aromatic rings. The number of amides is 4. The van der Waals surface area contributed by atoms with Gasteiger partial charge in [0.25, 0.3) is 11.8 Å². The number of imide groups is 1. The largest absolute Gasteiger partial charge is 0.481 e. The van der Waals surface area contributed by atoms with Crippen LogP contribution in [0.1, 0.15) is 29.3 Å². The first-order valence-corrected chi connectivity index (χ1v) is 6.57. The van der Waals surface area contributed by atoms with E-state index in [1.54, 1.807) is 19.1 Å². The zero-order valence-electron chi connectivity index (χ0n) is 11.8. The summed E-state index contributed by atoms with van der Waals surface area (Å²) >= 11 is 0. The van der Waals surface area contributed by atoms with Gasteiger partial charge in [0.05, 0.1) is 6.42 Å². The van der Waals surface area contributed by atoms with Crippen molar-refractivity contribution in [2.75, 3.05) is 6.54 Å². The number of urea groups is 1. The standard InChI is InChI=1S/C14H15N3O5/c1-14(12(21)16-13(22)17-14)9-4-2-8(3-5-9)11(20)15-7-6-10(18)19/h2-5H,6-7H2,1H3,(H,15,20)(H,18,19)(H2,16,17,21,22)/t14-/m0/s1. The van der Waals surface area contributed by atoms with Crippen LogP contribution in [0.4, 0.5) is 4.79 Å². The third-order valence-electron chi connectivity index (χ3n) is 3.39. The van der Waals surface area contributed by atoms with Gasteiger partial charge in [0.2, 0.25) is 0 Å². The second-order valence-corrected chi connectivity index (χ2v) is 5.01. The molecule has 8 nitrogen and oxygen atoms in total. The molecule has 1 aliphatic heterocycles. The molecule has 0 aliphatic carbocycles. The predicted octanol–water partition coefficient (Wildman–Crippen LogP) is -0.0543. The van der Waals surface area contributed by atoms with Crippen molar-refractivity contribution in [2.24, 2.45) is 0 Å². The van der Waals surface area contributed by atoms with E-state index in [9.17, 15) is 19.2 Å². The van der Waals surface area contributed by atoms with E-state index in [0.717, 1.165) is 0 Å². The fourth-order valence-electron chi connectivity index (χ4n) is 2.09. The second kappa shape index (κ2) is 5.84. The highest BCUT2D eigenvalue weighted by Crippen LogP contribution is 2.24. The molecule has 2 rings (SSSR count). The van der Waals surface area contributed by atoms with Gasteiger partial charge in [-0.05, 0) is 24.6 Å². The molecule has 0 aromatic heterocycles. The average Bonchev–Trinajstić information content (AvgIpc) is 2.72. The lowest BCUT2D eigenvalue weighted by molar-refractivity contribution is -0.136. The summed E-state index contributed by atoms with van der Waals surface area (Å²) in [5.41, 5.74) is -0.296. The van der Waals surface area contributed by atoms with Crippen LogP contribution in [-0.4, -0.2) is 35.5 Å². The molecule has 1 saturated heterocycles. The van der Waals surface area contributed by atoms with E-state index >= 15 is 0 Å². The van der Waals surface area contributed by atoms with Crippen molar-refractivity contribution in [1.29, 1.82) is 0 Å². The number of carbonyl (C=O) groups excluding carboxylic acids is 3. The molecule has 8 heteroatoms. The lowest BCUT2D eigenvalue weighted by Gasteiger charge is -2.21. The minimum Gasteiger partial charge on any atom is -0.481 e. The summed E-state index contributed by atoms with van der Waals surface area (Å²) in [7, 11) is 0. The summed E-state index contributed by atoms with van der Waals surface area (Å²) in [5, 5.41) is 15.7. The molecule has 0 radical (unpaired) electrons. The van der Waals surface area contributed by atoms with Gasteiger partial charge in [-0.2, -0.15) is 0 Å². The third-order valence-corrected chi connectivity index (χ3v) is 3.39. The quantitative estimate of drug-likeness (QED) is 0.567. The van der Waals surface area contributed by atoms with Gasteiger partial charge in [-0.15, -0.1) is 0 Å². The van der Waals surface area contributed by atoms with Crippen LogP contribution in [0, 0.1) is 0 Å². The lowest BCUT2D eigenvalue weighted by Crippen LogP contribution is -2.40. The molecular weight excluding hydrogens is 290 g/mol. The maximum atomic E-state index is 11.8. The van der Waals surface area contributed by atoms with Crippen LogP contribution in [0.5, 0.6) is 0 Å². The fraction of sp³-hybridized carbons (Fsp3) is 0.286. The number of hydrogen-bond acceptors (Lipinski definition) is 4. The molecule has 1 atom stereocenters. The zero-order valence-corrected chi connectivity index (χ0v) is 11.8. The van der Waals surface area contributed by atoms with Crippen molar-refractivity contribution in [3.8, 4) is 0 Å². The lowest BCUT2D eigenvalue weighted by atomic mass is 9.91. The Kier molecular flexibility index (Phi) is 4.11. The number of carbonyl (C=O) groups is 4. The van der Waals surface area contributed by atoms with Gasteiger partial charge < -0.3 is 15.7 Å². The summed E-state index contributed by atoms with van der Waals surface area (Å²) in [5.74, 6) is -1.86. The number of carboxylic acid groups (broad SMARTS) is 1. The van der Waals surface area contributed by atoms with Crippen molar-refractivity contribution < 1.29 is 24.3 Å². The first-order valence-electron chi connectivity index (χ1n) is 6.57. The van der Waals surface area contributed by atoms with Crippen molar-refractivity contribution in [2.45, 2.75) is 18.9 Å². The highest BCUT2D eigenvalue weighted by molar-refractivity contribution is 6.07. The molecule has 0 spiro atoms. The van der Waals surface area contributed by atoms with Gasteiger partial charge in [0, 0.05) is 12.1 Å². The molecule has 1 aromatic carbocycles. The second-order valence-electron chi connectivity index (χ2n) is 5.01. The van der Waals surface area contributed by atoms with Gasteiger partial charge >= 0.3 is 12.0 Å². The maximum absolute atomic E-state index is 11.8. The van der Waals surface area contributed by atoms with Crippen molar-refractivity contribution in [3.05, 3.63) is 35.4 Å². The van der Waals surface area contributed by atoms with E-state index in [1.807, 2.05) is 0 Å². The van der Waals surface area contributed by atoms with Crippen LogP contribution in [0.25, 0.3) is 0 Å². The topological polar surface area (TPSA) is 125 Å². The fourth-order valence-corrected chi connectivity index (χ4v) is 2.09. The van der Waals surface area contributed by atoms with E-state index in [2.05, 4.69) is 16.0 Å². The Morgan fingerprint density at radius 3 is 2.36 bits per heavy atom. The summed E-state index contributed by atoms with van der Waals surface area (Å²) in [6, 6.07) is 5.58. The number of benzene rings is 1. The molecule has 22 heavy (non-hydrogen) atoms. The van der Waals surface area contributed by atoms with Crippen LogP contribution < -0.4 is 16.0 Å². The number of rotatable bonds is 5. The van der Waals surface area contributed by atoms with Gasteiger partial charge in [0.1, 0.15) is 5.54 Å². The van der Waals surface area contributed by atoms with E-state index in [0.29, 0.717) is 11.1 Å². The summed E-state index contributed by atoms with van der Waals surface area (Å²) in [6.45, 7) is 1.60. The molecule has 0 unspecified atom stereocenters. The van der Waals surface area contributed by atoms with Crippen molar-refractivity contribution in [1.82, 2.24) is 16.0 Å². The zero-order chi connectivity index (χ0) is 16.3. The molecule has 1 heterocycles. The molecule has 116 valence electrons. The number of carboxylic acids is 1. The van der Waals surface area contributed by atoms with Crippen LogP contribution in [0.2, 0.25) is 0 Å². The van der Waals surface area contributed by atoms with Gasteiger partial charge in [0.15, 0.2) is 0 Å². The molecule has 0 saturated carbocycles. The van der Waals surface area contributed by atoms with Crippen LogP contribution in [-0.2, 0) is 15.1 Å². The number of nitrogens with one attached hydrogen (secondary N) is 3. The SMILES string of the molecule is C[C@@]1(c2ccc(C(=O)NCCC(=O)O)cc2)NC(=O)NC1=O. The molecule has 4 amide bonds. The number of hydrogen-bond donors (Lipinski definition) is 4. The highest BCUT2D eigenvalue weighted by Gasteiger charge is 2.43. The van der Waals surface area contributed by atoms with Crippen molar-refractivity contribution >= 4 is 23.8 Å². The Morgan fingerprint density at radius 2 is 1.86 bits per heavy atom. The summed E-state index contributed by atoms with van der Waals surface area (Å²) in [4.78, 5) is 45.2. The van der Waals surface area contributed by atoms with E-state index in [4.69, 9.17) is 5.11 Å². The molecule has 1 aliphatic rings. The third kappa shape index (κ3) is 3.05. The molecule has 4 N–H and O–H groups in total. The Balaban J connectivity index is 2.07. The minimum absolute atomic E-state index is 0.0338. The Labute approximate surface area is 125 Å². The van der Waals surface area contributed by atoms with Crippen LogP contribution in [0.15, 0.2) is 24.3 Å². The summed E-state index contributed by atoms with van der Waals surface area (Å²) < 4.78 is 0. The predicted molar refractivity (Wildman–Crippen MR) is 75.1 cm³/mol. The normalized spacial score (nSPS) is 20.2. The average molecular weight is 305 g/mol. The first kappa shape index (κ1) is 15.5. The minimum atomic E-state index is -1.17. The Bertz CT molecular complexity index is 640. The first-order chi connectivity index (χ1) is 10.3. The van der Waals surface area contributed by atoms with Gasteiger partial charge in [-0.1, -0.05) is 12.1 Å². The van der Waals surface area contributed by atoms with Crippen LogP contribution >= 0.6 is 0 Å². The summed E-state index contributed by atoms with van der Waals surface area (Å²) in [6.07, 6.45) is -0.159. The number of aliphatic carboxylic acids is 1. The molecule has 1 fully saturated rings. The highest BCUT2D eigenvalue weighted by atomic mass is 16.4. The smallest absolute Gasteiger partial charge is 0.322 e. The van der Waals surface area contributed by atoms with Gasteiger partial charge in [-0.3, -0.25) is 19.7 Å². The Hall–Kier alpha value is -2.90.